The molecule has 0 atom stereocenters. The minimum absolute atomic E-state index is 0.833. The molecular formula is C12H8NO. The molecule has 0 aliphatic rings. The van der Waals surface area contributed by atoms with Crippen molar-refractivity contribution in [2.45, 2.75) is 0 Å². The molecule has 2 nitrogen and oxygen atoms in total. The van der Waals surface area contributed by atoms with Gasteiger partial charge in [0.2, 0.25) is 0 Å². The Balaban J connectivity index is 2.34. The van der Waals surface area contributed by atoms with E-state index in [2.05, 4.69) is 23.9 Å². The van der Waals surface area contributed by atoms with Gasteiger partial charge in [0, 0.05) is 24.1 Å². The smallest absolute Gasteiger partial charge is 0.124 e. The first-order valence-electron chi connectivity index (χ1n) is 4.19. The minimum atomic E-state index is 0.833. The van der Waals surface area contributed by atoms with E-state index in [0.29, 0.717) is 0 Å². The summed E-state index contributed by atoms with van der Waals surface area (Å²) in [6.45, 7) is 3.46. The Morgan fingerprint density at radius 2 is 1.93 bits per heavy atom. The van der Waals surface area contributed by atoms with Gasteiger partial charge in [-0.2, -0.15) is 0 Å². The van der Waals surface area contributed by atoms with Gasteiger partial charge in [-0.15, -0.1) is 0 Å². The first-order valence-corrected chi connectivity index (χ1v) is 4.19. The predicted octanol–water partition coefficient (Wildman–Crippen LogP) is 2.53. The molecule has 2 aromatic rings. The molecule has 2 heteroatoms. The number of hydrogen-bond donors (Lipinski definition) is 0. The van der Waals surface area contributed by atoms with E-state index in [1.807, 2.05) is 30.3 Å². The molecule has 0 aliphatic carbocycles. The van der Waals surface area contributed by atoms with Gasteiger partial charge < -0.3 is 4.52 Å². The lowest BCUT2D eigenvalue weighted by atomic mass is 10.1. The third kappa shape index (κ3) is 1.67. The Morgan fingerprint density at radius 3 is 2.50 bits per heavy atom. The van der Waals surface area contributed by atoms with Crippen LogP contribution in [0.1, 0.15) is 5.56 Å². The van der Waals surface area contributed by atoms with Crippen LogP contribution in [0.25, 0.3) is 11.3 Å². The van der Waals surface area contributed by atoms with E-state index in [0.717, 1.165) is 16.8 Å². The van der Waals surface area contributed by atoms with E-state index in [1.165, 1.54) is 0 Å². The third-order valence-corrected chi connectivity index (χ3v) is 1.85. The maximum absolute atomic E-state index is 4.76. The molecule has 1 aromatic heterocycles. The molecule has 0 amide bonds. The highest BCUT2D eigenvalue weighted by Crippen LogP contribution is 2.16. The third-order valence-electron chi connectivity index (χ3n) is 1.85. The molecule has 1 heterocycles. The lowest BCUT2D eigenvalue weighted by Gasteiger charge is -1.94. The van der Waals surface area contributed by atoms with Crippen LogP contribution in [0, 0.1) is 18.8 Å². The average molecular weight is 182 g/mol. The summed E-state index contributed by atoms with van der Waals surface area (Å²) in [7, 11) is 0. The lowest BCUT2D eigenvalue weighted by molar-refractivity contribution is 0.422. The van der Waals surface area contributed by atoms with Crippen molar-refractivity contribution in [3.63, 3.8) is 0 Å². The van der Waals surface area contributed by atoms with Gasteiger partial charge in [0.25, 0.3) is 0 Å². The molecular weight excluding hydrogens is 174 g/mol. The zero-order valence-electron chi connectivity index (χ0n) is 7.53. The van der Waals surface area contributed by atoms with Crippen LogP contribution < -0.4 is 0 Å². The fraction of sp³-hybridized carbons (Fsp3) is 0. The van der Waals surface area contributed by atoms with Crippen molar-refractivity contribution in [2.75, 3.05) is 0 Å². The van der Waals surface area contributed by atoms with Gasteiger partial charge in [-0.3, -0.25) is 0 Å². The van der Waals surface area contributed by atoms with E-state index in [1.54, 1.807) is 6.26 Å². The Kier molecular flexibility index (Phi) is 2.33. The summed E-state index contributed by atoms with van der Waals surface area (Å²) in [4.78, 5) is 0. The van der Waals surface area contributed by atoms with Crippen LogP contribution in [0.4, 0.5) is 0 Å². The van der Waals surface area contributed by atoms with Gasteiger partial charge in [0.1, 0.15) is 12.0 Å². The minimum Gasteiger partial charge on any atom is -0.364 e. The molecule has 0 spiro atoms. The Morgan fingerprint density at radius 1 is 1.14 bits per heavy atom. The van der Waals surface area contributed by atoms with E-state index < -0.39 is 0 Å². The van der Waals surface area contributed by atoms with Crippen LogP contribution >= 0.6 is 0 Å². The van der Waals surface area contributed by atoms with Crippen molar-refractivity contribution < 1.29 is 4.52 Å². The average Bonchev–Trinajstić information content (AvgIpc) is 2.72. The molecule has 0 unspecified atom stereocenters. The molecule has 0 N–H and O–H groups in total. The van der Waals surface area contributed by atoms with Gasteiger partial charge >= 0.3 is 0 Å². The fourth-order valence-corrected chi connectivity index (χ4v) is 1.19. The van der Waals surface area contributed by atoms with Crippen LogP contribution in [0.15, 0.2) is 41.1 Å². The fourth-order valence-electron chi connectivity index (χ4n) is 1.19. The summed E-state index contributed by atoms with van der Waals surface area (Å²) >= 11 is 0. The number of benzene rings is 1. The van der Waals surface area contributed by atoms with Crippen molar-refractivity contribution >= 4 is 0 Å². The Bertz CT molecular complexity index is 457. The highest BCUT2D eigenvalue weighted by molar-refractivity contribution is 5.59. The quantitative estimate of drug-likeness (QED) is 0.633. The number of hydrogen-bond acceptors (Lipinski definition) is 2. The zero-order chi connectivity index (χ0) is 9.80. The molecule has 14 heavy (non-hydrogen) atoms. The molecule has 67 valence electrons. The summed E-state index contributed by atoms with van der Waals surface area (Å²) in [5.41, 5.74) is 2.81. The maximum Gasteiger partial charge on any atom is 0.124 e. The molecule has 0 saturated heterocycles. The van der Waals surface area contributed by atoms with Crippen molar-refractivity contribution in [1.82, 2.24) is 5.16 Å². The van der Waals surface area contributed by atoms with E-state index >= 15 is 0 Å². The van der Waals surface area contributed by atoms with Gasteiger partial charge in [0.05, 0.1) is 0 Å². The zero-order valence-corrected chi connectivity index (χ0v) is 7.53. The number of nitrogens with zero attached hydrogens (tertiary/aromatic N) is 1. The van der Waals surface area contributed by atoms with Crippen LogP contribution in [0.2, 0.25) is 0 Å². The first-order chi connectivity index (χ1) is 6.90. The maximum atomic E-state index is 4.76. The normalized spacial score (nSPS) is 9.21. The summed E-state index contributed by atoms with van der Waals surface area (Å²) in [6, 6.07) is 9.60. The van der Waals surface area contributed by atoms with Gasteiger partial charge in [-0.25, -0.2) is 0 Å². The Labute approximate surface area is 82.5 Å². The standard InChI is InChI=1S/C12H8NO/c1-2-3-10-4-6-11(7-5-10)12-8-9-14-13-12/h4-9H,1H2. The summed E-state index contributed by atoms with van der Waals surface area (Å²) in [5, 5.41) is 3.84. The van der Waals surface area contributed by atoms with Crippen LogP contribution in [-0.4, -0.2) is 5.16 Å². The van der Waals surface area contributed by atoms with Crippen molar-refractivity contribution in [3.05, 3.63) is 49.1 Å². The second-order valence-electron chi connectivity index (χ2n) is 2.76. The van der Waals surface area contributed by atoms with Crippen molar-refractivity contribution in [1.29, 1.82) is 0 Å². The van der Waals surface area contributed by atoms with Crippen molar-refractivity contribution in [2.24, 2.45) is 0 Å². The molecule has 1 radical (unpaired) electrons. The van der Waals surface area contributed by atoms with Crippen LogP contribution in [0.5, 0.6) is 0 Å². The Hall–Kier alpha value is -2.01. The molecule has 0 aliphatic heterocycles. The summed E-state index contributed by atoms with van der Waals surface area (Å²) < 4.78 is 4.76. The van der Waals surface area contributed by atoms with Crippen molar-refractivity contribution in [3.8, 4) is 23.1 Å². The topological polar surface area (TPSA) is 26.0 Å². The predicted molar refractivity (Wildman–Crippen MR) is 54.2 cm³/mol. The number of aromatic nitrogens is 1. The SMILES string of the molecule is [CH2]C#Cc1ccc(-c2ccon2)cc1. The molecule has 0 bridgehead atoms. The monoisotopic (exact) mass is 182 g/mol. The molecule has 0 fully saturated rings. The summed E-state index contributed by atoms with van der Waals surface area (Å²) in [6.07, 6.45) is 1.55. The molecule has 0 saturated carbocycles. The van der Waals surface area contributed by atoms with Gasteiger partial charge in [-0.05, 0) is 12.1 Å². The largest absolute Gasteiger partial charge is 0.364 e. The highest BCUT2D eigenvalue weighted by atomic mass is 16.5. The first kappa shape index (κ1) is 8.58. The van der Waals surface area contributed by atoms with E-state index in [-0.39, 0.29) is 0 Å². The van der Waals surface area contributed by atoms with Gasteiger partial charge in [0.15, 0.2) is 0 Å². The molecule has 2 rings (SSSR count). The van der Waals surface area contributed by atoms with Crippen LogP contribution in [0.3, 0.4) is 0 Å². The van der Waals surface area contributed by atoms with E-state index in [9.17, 15) is 0 Å². The highest BCUT2D eigenvalue weighted by Gasteiger charge is 1.99. The van der Waals surface area contributed by atoms with Gasteiger partial charge in [-0.1, -0.05) is 29.1 Å². The second kappa shape index (κ2) is 3.80. The lowest BCUT2D eigenvalue weighted by Crippen LogP contribution is -1.78. The van der Waals surface area contributed by atoms with E-state index in [4.69, 9.17) is 4.52 Å². The number of rotatable bonds is 1. The molecule has 1 aromatic carbocycles. The van der Waals surface area contributed by atoms with Crippen LogP contribution in [-0.2, 0) is 0 Å². The second-order valence-corrected chi connectivity index (χ2v) is 2.76. The summed E-state index contributed by atoms with van der Waals surface area (Å²) in [5.74, 6) is 5.48.